The zero-order valence-corrected chi connectivity index (χ0v) is 8.14. The van der Waals surface area contributed by atoms with Gasteiger partial charge in [-0.3, -0.25) is 0 Å². The fraction of sp³-hybridized carbons (Fsp3) is 0. The van der Waals surface area contributed by atoms with Crippen LogP contribution >= 0.6 is 0 Å². The van der Waals surface area contributed by atoms with Crippen molar-refractivity contribution in [2.45, 2.75) is 0 Å². The van der Waals surface area contributed by atoms with Crippen molar-refractivity contribution in [3.8, 4) is 12.3 Å². The molecule has 0 aliphatic rings. The lowest BCUT2D eigenvalue weighted by Crippen LogP contribution is -1.92. The Morgan fingerprint density at radius 3 is 2.80 bits per heavy atom. The number of nitrogens with one attached hydrogen (secondary N) is 1. The van der Waals surface area contributed by atoms with Crippen molar-refractivity contribution in [1.82, 2.24) is 4.98 Å². The Kier molecular flexibility index (Phi) is 2.66. The lowest BCUT2D eigenvalue weighted by molar-refractivity contribution is 1.31. The van der Waals surface area contributed by atoms with Crippen molar-refractivity contribution in [3.63, 3.8) is 0 Å². The quantitative estimate of drug-likeness (QED) is 0.743. The molecule has 2 aromatic rings. The first-order chi connectivity index (χ1) is 7.38. The standard InChI is InChI=1S/C13H10N2/c1-2-11-6-5-7-12(10-11)15-13-8-3-4-9-14-13/h1,3-10H,(H,14,15). The number of pyridine rings is 1. The molecule has 0 spiro atoms. The van der Waals surface area contributed by atoms with E-state index in [0.29, 0.717) is 0 Å². The number of anilines is 2. The summed E-state index contributed by atoms with van der Waals surface area (Å²) in [7, 11) is 0. The number of rotatable bonds is 2. The second kappa shape index (κ2) is 4.30. The van der Waals surface area contributed by atoms with Gasteiger partial charge >= 0.3 is 0 Å². The molecule has 0 aliphatic carbocycles. The first-order valence-corrected chi connectivity index (χ1v) is 4.63. The second-order valence-electron chi connectivity index (χ2n) is 3.07. The van der Waals surface area contributed by atoms with Gasteiger partial charge in [-0.05, 0) is 30.3 Å². The van der Waals surface area contributed by atoms with Crippen molar-refractivity contribution < 1.29 is 0 Å². The Labute approximate surface area is 89.0 Å². The molecule has 1 heterocycles. The Morgan fingerprint density at radius 1 is 1.13 bits per heavy atom. The van der Waals surface area contributed by atoms with Gasteiger partial charge in [0.2, 0.25) is 0 Å². The Hall–Kier alpha value is -2.27. The van der Waals surface area contributed by atoms with E-state index in [4.69, 9.17) is 6.42 Å². The first-order valence-electron chi connectivity index (χ1n) is 4.63. The van der Waals surface area contributed by atoms with Gasteiger partial charge in [-0.2, -0.15) is 0 Å². The number of aromatic nitrogens is 1. The van der Waals surface area contributed by atoms with E-state index < -0.39 is 0 Å². The average Bonchev–Trinajstić information content (AvgIpc) is 2.31. The van der Waals surface area contributed by atoms with E-state index in [0.717, 1.165) is 17.1 Å². The third-order valence-electron chi connectivity index (χ3n) is 1.97. The van der Waals surface area contributed by atoms with Crippen molar-refractivity contribution in [1.29, 1.82) is 0 Å². The predicted molar refractivity (Wildman–Crippen MR) is 61.9 cm³/mol. The van der Waals surface area contributed by atoms with E-state index in [-0.39, 0.29) is 0 Å². The minimum absolute atomic E-state index is 0.812. The molecule has 2 nitrogen and oxygen atoms in total. The van der Waals surface area contributed by atoms with E-state index in [9.17, 15) is 0 Å². The van der Waals surface area contributed by atoms with E-state index in [1.807, 2.05) is 42.5 Å². The van der Waals surface area contributed by atoms with E-state index >= 15 is 0 Å². The molecule has 0 amide bonds. The molecule has 0 unspecified atom stereocenters. The molecular weight excluding hydrogens is 184 g/mol. The molecule has 0 bridgehead atoms. The zero-order chi connectivity index (χ0) is 10.5. The number of terminal acetylenes is 1. The number of nitrogens with zero attached hydrogens (tertiary/aromatic N) is 1. The van der Waals surface area contributed by atoms with E-state index in [1.165, 1.54) is 0 Å². The summed E-state index contributed by atoms with van der Waals surface area (Å²) in [5, 5.41) is 3.17. The van der Waals surface area contributed by atoms with Crippen molar-refractivity contribution >= 4 is 11.5 Å². The highest BCUT2D eigenvalue weighted by Gasteiger charge is 1.94. The van der Waals surface area contributed by atoms with Gasteiger partial charge in [-0.1, -0.05) is 18.1 Å². The van der Waals surface area contributed by atoms with Gasteiger partial charge in [-0.25, -0.2) is 4.98 Å². The van der Waals surface area contributed by atoms with Crippen LogP contribution in [0.25, 0.3) is 0 Å². The van der Waals surface area contributed by atoms with Crippen LogP contribution in [-0.2, 0) is 0 Å². The molecule has 2 heteroatoms. The van der Waals surface area contributed by atoms with Crippen molar-refractivity contribution in [3.05, 3.63) is 54.2 Å². The fourth-order valence-corrected chi connectivity index (χ4v) is 1.27. The summed E-state index contributed by atoms with van der Waals surface area (Å²) < 4.78 is 0. The summed E-state index contributed by atoms with van der Waals surface area (Å²) in [4.78, 5) is 4.17. The van der Waals surface area contributed by atoms with Gasteiger partial charge in [0.1, 0.15) is 5.82 Å². The van der Waals surface area contributed by atoms with Gasteiger partial charge in [0.25, 0.3) is 0 Å². The molecule has 0 atom stereocenters. The van der Waals surface area contributed by atoms with Crippen LogP contribution in [0.1, 0.15) is 5.56 Å². The van der Waals surface area contributed by atoms with Gasteiger partial charge in [0.15, 0.2) is 0 Å². The molecule has 0 fully saturated rings. The van der Waals surface area contributed by atoms with Gasteiger partial charge in [-0.15, -0.1) is 6.42 Å². The minimum Gasteiger partial charge on any atom is -0.340 e. The number of hydrogen-bond acceptors (Lipinski definition) is 2. The van der Waals surface area contributed by atoms with Crippen LogP contribution in [0, 0.1) is 12.3 Å². The lowest BCUT2D eigenvalue weighted by atomic mass is 10.2. The molecule has 0 aliphatic heterocycles. The maximum Gasteiger partial charge on any atom is 0.130 e. The largest absolute Gasteiger partial charge is 0.340 e. The van der Waals surface area contributed by atoms with Crippen LogP contribution in [0.15, 0.2) is 48.7 Å². The molecule has 0 saturated heterocycles. The van der Waals surface area contributed by atoms with Crippen molar-refractivity contribution in [2.24, 2.45) is 0 Å². The summed E-state index contributed by atoms with van der Waals surface area (Å²) >= 11 is 0. The fourth-order valence-electron chi connectivity index (χ4n) is 1.27. The molecule has 0 radical (unpaired) electrons. The van der Waals surface area contributed by atoms with Gasteiger partial charge < -0.3 is 5.32 Å². The molecule has 2 rings (SSSR count). The molecule has 72 valence electrons. The smallest absolute Gasteiger partial charge is 0.130 e. The van der Waals surface area contributed by atoms with Crippen LogP contribution in [0.2, 0.25) is 0 Å². The minimum atomic E-state index is 0.812. The maximum absolute atomic E-state index is 5.32. The van der Waals surface area contributed by atoms with Gasteiger partial charge in [0, 0.05) is 17.4 Å². The summed E-state index contributed by atoms with van der Waals surface area (Å²) in [6, 6.07) is 13.4. The third kappa shape index (κ3) is 2.35. The zero-order valence-electron chi connectivity index (χ0n) is 8.14. The van der Waals surface area contributed by atoms with E-state index in [2.05, 4.69) is 16.2 Å². The highest BCUT2D eigenvalue weighted by Crippen LogP contribution is 2.14. The maximum atomic E-state index is 5.32. The second-order valence-corrected chi connectivity index (χ2v) is 3.07. The third-order valence-corrected chi connectivity index (χ3v) is 1.97. The summed E-state index contributed by atoms with van der Waals surface area (Å²) in [6.07, 6.45) is 7.06. The van der Waals surface area contributed by atoms with Crippen LogP contribution in [0.3, 0.4) is 0 Å². The normalized spacial score (nSPS) is 9.27. The Balaban J connectivity index is 2.22. The lowest BCUT2D eigenvalue weighted by Gasteiger charge is -2.04. The van der Waals surface area contributed by atoms with Crippen LogP contribution in [0.5, 0.6) is 0 Å². The highest BCUT2D eigenvalue weighted by molar-refractivity contribution is 5.58. The van der Waals surface area contributed by atoms with Crippen LogP contribution in [0.4, 0.5) is 11.5 Å². The number of hydrogen-bond donors (Lipinski definition) is 1. The van der Waals surface area contributed by atoms with Crippen LogP contribution in [-0.4, -0.2) is 4.98 Å². The summed E-state index contributed by atoms with van der Waals surface area (Å²) in [5.74, 6) is 3.40. The molecular formula is C13H10N2. The molecule has 1 N–H and O–H groups in total. The Morgan fingerprint density at radius 2 is 2.07 bits per heavy atom. The summed E-state index contributed by atoms with van der Waals surface area (Å²) in [5.41, 5.74) is 1.81. The molecule has 15 heavy (non-hydrogen) atoms. The SMILES string of the molecule is C#Cc1cccc(Nc2ccccn2)c1. The molecule has 1 aromatic heterocycles. The first kappa shape index (κ1) is 9.29. The summed E-state index contributed by atoms with van der Waals surface area (Å²) in [6.45, 7) is 0. The predicted octanol–water partition coefficient (Wildman–Crippen LogP) is 2.81. The topological polar surface area (TPSA) is 24.9 Å². The highest BCUT2D eigenvalue weighted by atomic mass is 15.0. The molecule has 1 aromatic carbocycles. The van der Waals surface area contributed by atoms with Crippen LogP contribution < -0.4 is 5.32 Å². The van der Waals surface area contributed by atoms with E-state index in [1.54, 1.807) is 6.20 Å². The number of benzene rings is 1. The van der Waals surface area contributed by atoms with Crippen molar-refractivity contribution in [2.75, 3.05) is 5.32 Å². The van der Waals surface area contributed by atoms with Gasteiger partial charge in [0.05, 0.1) is 0 Å². The Bertz CT molecular complexity index is 483. The molecule has 0 saturated carbocycles. The average molecular weight is 194 g/mol. The monoisotopic (exact) mass is 194 g/mol.